The number of esters is 1. The van der Waals surface area contributed by atoms with E-state index in [9.17, 15) is 4.79 Å². The SMILES string of the molecule is COC(=O)C1CCC(C)(C)CCN1. The molecule has 1 aliphatic rings. The summed E-state index contributed by atoms with van der Waals surface area (Å²) in [7, 11) is 1.44. The van der Waals surface area contributed by atoms with Crippen LogP contribution in [0, 0.1) is 5.41 Å². The second-order valence-corrected chi connectivity index (χ2v) is 4.48. The van der Waals surface area contributed by atoms with E-state index in [1.54, 1.807) is 0 Å². The molecule has 1 unspecified atom stereocenters. The van der Waals surface area contributed by atoms with Crippen molar-refractivity contribution < 1.29 is 9.53 Å². The molecule has 0 bridgehead atoms. The Morgan fingerprint density at radius 2 is 2.15 bits per heavy atom. The molecular weight excluding hydrogens is 166 g/mol. The van der Waals surface area contributed by atoms with Crippen LogP contribution in [0.5, 0.6) is 0 Å². The molecule has 0 spiro atoms. The van der Waals surface area contributed by atoms with E-state index in [1.807, 2.05) is 0 Å². The van der Waals surface area contributed by atoms with Crippen LogP contribution in [0.1, 0.15) is 33.1 Å². The Morgan fingerprint density at radius 1 is 1.46 bits per heavy atom. The van der Waals surface area contributed by atoms with Crippen molar-refractivity contribution in [2.45, 2.75) is 39.2 Å². The first-order valence-electron chi connectivity index (χ1n) is 4.86. The Bertz CT molecular complexity index is 189. The van der Waals surface area contributed by atoms with E-state index in [-0.39, 0.29) is 12.0 Å². The third-order valence-corrected chi connectivity index (χ3v) is 2.79. The van der Waals surface area contributed by atoms with Crippen molar-refractivity contribution in [1.82, 2.24) is 5.32 Å². The van der Waals surface area contributed by atoms with Gasteiger partial charge in [0.25, 0.3) is 0 Å². The Hall–Kier alpha value is -0.570. The zero-order valence-corrected chi connectivity index (χ0v) is 8.72. The molecule has 0 radical (unpaired) electrons. The molecule has 1 N–H and O–H groups in total. The predicted molar refractivity (Wildman–Crippen MR) is 51.4 cm³/mol. The number of carbonyl (C=O) groups excluding carboxylic acids is 1. The first-order chi connectivity index (χ1) is 6.05. The minimum absolute atomic E-state index is 0.0909. The maximum Gasteiger partial charge on any atom is 0.322 e. The third kappa shape index (κ3) is 2.99. The zero-order valence-electron chi connectivity index (χ0n) is 8.72. The van der Waals surface area contributed by atoms with Gasteiger partial charge >= 0.3 is 5.97 Å². The lowest BCUT2D eigenvalue weighted by Crippen LogP contribution is -2.36. The van der Waals surface area contributed by atoms with Gasteiger partial charge < -0.3 is 10.1 Å². The van der Waals surface area contributed by atoms with Crippen molar-refractivity contribution in [3.05, 3.63) is 0 Å². The van der Waals surface area contributed by atoms with Crippen LogP contribution in [-0.4, -0.2) is 25.7 Å². The number of nitrogens with one attached hydrogen (secondary N) is 1. The normalized spacial score (nSPS) is 27.8. The van der Waals surface area contributed by atoms with Crippen LogP contribution in [-0.2, 0) is 9.53 Å². The summed E-state index contributed by atoms with van der Waals surface area (Å²) in [6, 6.07) is -0.0909. The van der Waals surface area contributed by atoms with Gasteiger partial charge in [-0.3, -0.25) is 4.79 Å². The number of hydrogen-bond acceptors (Lipinski definition) is 3. The van der Waals surface area contributed by atoms with Gasteiger partial charge in [-0.2, -0.15) is 0 Å². The first kappa shape index (κ1) is 10.5. The van der Waals surface area contributed by atoms with Crippen molar-refractivity contribution in [1.29, 1.82) is 0 Å². The molecule has 1 heterocycles. The summed E-state index contributed by atoms with van der Waals surface area (Å²) < 4.78 is 4.71. The average Bonchev–Trinajstić information content (AvgIpc) is 2.25. The molecule has 0 aromatic heterocycles. The zero-order chi connectivity index (χ0) is 9.90. The van der Waals surface area contributed by atoms with Gasteiger partial charge in [-0.15, -0.1) is 0 Å². The second kappa shape index (κ2) is 4.09. The molecule has 3 heteroatoms. The minimum atomic E-state index is -0.127. The summed E-state index contributed by atoms with van der Waals surface area (Å²) in [5.74, 6) is -0.127. The molecule has 76 valence electrons. The molecule has 0 saturated carbocycles. The van der Waals surface area contributed by atoms with E-state index in [1.165, 1.54) is 7.11 Å². The quantitative estimate of drug-likeness (QED) is 0.626. The molecule has 13 heavy (non-hydrogen) atoms. The maximum absolute atomic E-state index is 11.2. The van der Waals surface area contributed by atoms with Crippen LogP contribution in [0.15, 0.2) is 0 Å². The number of ether oxygens (including phenoxy) is 1. The van der Waals surface area contributed by atoms with Gasteiger partial charge in [0, 0.05) is 0 Å². The van der Waals surface area contributed by atoms with Gasteiger partial charge in [-0.25, -0.2) is 0 Å². The van der Waals surface area contributed by atoms with Crippen molar-refractivity contribution in [3.63, 3.8) is 0 Å². The van der Waals surface area contributed by atoms with Crippen molar-refractivity contribution >= 4 is 5.97 Å². The number of rotatable bonds is 1. The Labute approximate surface area is 79.8 Å². The molecular formula is C10H19NO2. The minimum Gasteiger partial charge on any atom is -0.468 e. The highest BCUT2D eigenvalue weighted by Crippen LogP contribution is 2.29. The summed E-state index contributed by atoms with van der Waals surface area (Å²) in [5.41, 5.74) is 0.357. The Morgan fingerprint density at radius 3 is 2.77 bits per heavy atom. The van der Waals surface area contributed by atoms with Crippen molar-refractivity contribution in [2.24, 2.45) is 5.41 Å². The van der Waals surface area contributed by atoms with Gasteiger partial charge in [-0.1, -0.05) is 13.8 Å². The Kier molecular flexibility index (Phi) is 3.31. The Balaban J connectivity index is 2.49. The topological polar surface area (TPSA) is 38.3 Å². The van der Waals surface area contributed by atoms with E-state index >= 15 is 0 Å². The third-order valence-electron chi connectivity index (χ3n) is 2.79. The molecule has 1 rings (SSSR count). The van der Waals surface area contributed by atoms with Crippen LogP contribution in [0.3, 0.4) is 0 Å². The number of hydrogen-bond donors (Lipinski definition) is 1. The molecule has 0 aromatic rings. The second-order valence-electron chi connectivity index (χ2n) is 4.48. The largest absolute Gasteiger partial charge is 0.468 e. The van der Waals surface area contributed by atoms with E-state index in [4.69, 9.17) is 4.74 Å². The smallest absolute Gasteiger partial charge is 0.322 e. The molecule has 0 aromatic carbocycles. The molecule has 0 amide bonds. The highest BCUT2D eigenvalue weighted by atomic mass is 16.5. The lowest BCUT2D eigenvalue weighted by atomic mass is 9.85. The summed E-state index contributed by atoms with van der Waals surface area (Å²) in [6.45, 7) is 5.40. The molecule has 3 nitrogen and oxygen atoms in total. The van der Waals surface area contributed by atoms with Gasteiger partial charge in [0.05, 0.1) is 7.11 Å². The number of methoxy groups -OCH3 is 1. The fourth-order valence-electron chi connectivity index (χ4n) is 1.69. The van der Waals surface area contributed by atoms with E-state index in [2.05, 4.69) is 19.2 Å². The van der Waals surface area contributed by atoms with Crippen molar-refractivity contribution in [3.8, 4) is 0 Å². The van der Waals surface area contributed by atoms with E-state index in [0.717, 1.165) is 25.8 Å². The van der Waals surface area contributed by atoms with Gasteiger partial charge in [0.15, 0.2) is 0 Å². The molecule has 1 aliphatic heterocycles. The van der Waals surface area contributed by atoms with Gasteiger partial charge in [0.1, 0.15) is 6.04 Å². The van der Waals surface area contributed by atoms with Crippen LogP contribution in [0.2, 0.25) is 0 Å². The summed E-state index contributed by atoms with van der Waals surface area (Å²) in [5, 5.41) is 3.21. The van der Waals surface area contributed by atoms with Gasteiger partial charge in [-0.05, 0) is 31.2 Å². The first-order valence-corrected chi connectivity index (χ1v) is 4.86. The highest BCUT2D eigenvalue weighted by molar-refractivity contribution is 5.75. The monoisotopic (exact) mass is 185 g/mol. The summed E-state index contributed by atoms with van der Waals surface area (Å²) in [6.07, 6.45) is 3.10. The lowest BCUT2D eigenvalue weighted by Gasteiger charge is -2.20. The summed E-state index contributed by atoms with van der Waals surface area (Å²) in [4.78, 5) is 11.2. The molecule has 0 aliphatic carbocycles. The predicted octanol–water partition coefficient (Wildman–Crippen LogP) is 1.33. The fraction of sp³-hybridized carbons (Fsp3) is 0.900. The lowest BCUT2D eigenvalue weighted by molar-refractivity contribution is -0.143. The fourth-order valence-corrected chi connectivity index (χ4v) is 1.69. The highest BCUT2D eigenvalue weighted by Gasteiger charge is 2.27. The van der Waals surface area contributed by atoms with E-state index in [0.29, 0.717) is 5.41 Å². The maximum atomic E-state index is 11.2. The molecule has 1 fully saturated rings. The standard InChI is InChI=1S/C10H19NO2/c1-10(2)5-4-8(9(12)13-3)11-7-6-10/h8,11H,4-7H2,1-3H3. The van der Waals surface area contributed by atoms with Crippen LogP contribution in [0.4, 0.5) is 0 Å². The molecule has 1 atom stereocenters. The average molecular weight is 185 g/mol. The van der Waals surface area contributed by atoms with Crippen molar-refractivity contribution in [2.75, 3.05) is 13.7 Å². The summed E-state index contributed by atoms with van der Waals surface area (Å²) >= 11 is 0. The molecule has 1 saturated heterocycles. The van der Waals surface area contributed by atoms with E-state index < -0.39 is 0 Å². The van der Waals surface area contributed by atoms with Crippen LogP contribution in [0.25, 0.3) is 0 Å². The van der Waals surface area contributed by atoms with Crippen LogP contribution < -0.4 is 5.32 Å². The van der Waals surface area contributed by atoms with Gasteiger partial charge in [0.2, 0.25) is 0 Å². The number of carbonyl (C=O) groups is 1. The van der Waals surface area contributed by atoms with Crippen LogP contribution >= 0.6 is 0 Å².